The fourth-order valence-electron chi connectivity index (χ4n) is 1.95. The molecule has 0 radical (unpaired) electrons. The first-order valence-corrected chi connectivity index (χ1v) is 7.25. The average molecular weight is 304 g/mol. The first kappa shape index (κ1) is 15.3. The van der Waals surface area contributed by atoms with Crippen LogP contribution in [0.5, 0.6) is 0 Å². The van der Waals surface area contributed by atoms with E-state index in [4.69, 9.17) is 11.6 Å². The number of aromatic nitrogens is 1. The minimum Gasteiger partial charge on any atom is -0.370 e. The van der Waals surface area contributed by atoms with Gasteiger partial charge in [0.15, 0.2) is 0 Å². The van der Waals surface area contributed by atoms with Gasteiger partial charge in [0.1, 0.15) is 11.5 Å². The van der Waals surface area contributed by atoms with Crippen LogP contribution in [-0.4, -0.2) is 17.4 Å². The summed E-state index contributed by atoms with van der Waals surface area (Å²) in [6.07, 6.45) is 0. The van der Waals surface area contributed by atoms with Crippen LogP contribution in [0.4, 0.5) is 5.82 Å². The Morgan fingerprint density at radius 1 is 1.24 bits per heavy atom. The highest BCUT2D eigenvalue weighted by atomic mass is 35.5. The molecule has 0 bridgehead atoms. The highest BCUT2D eigenvalue weighted by Gasteiger charge is 2.12. The molecule has 0 fully saturated rings. The van der Waals surface area contributed by atoms with Crippen molar-refractivity contribution in [1.82, 2.24) is 10.3 Å². The minimum atomic E-state index is -0.197. The molecule has 1 heterocycles. The van der Waals surface area contributed by atoms with E-state index in [0.29, 0.717) is 16.5 Å². The molecule has 0 saturated heterocycles. The summed E-state index contributed by atoms with van der Waals surface area (Å²) < 4.78 is 0. The van der Waals surface area contributed by atoms with Crippen LogP contribution in [0.25, 0.3) is 0 Å². The van der Waals surface area contributed by atoms with Crippen molar-refractivity contribution in [2.45, 2.75) is 19.9 Å². The van der Waals surface area contributed by atoms with Crippen molar-refractivity contribution in [3.05, 3.63) is 58.7 Å². The highest BCUT2D eigenvalue weighted by Crippen LogP contribution is 2.16. The number of hydrogen-bond donors (Lipinski definition) is 2. The Hall–Kier alpha value is -2.07. The van der Waals surface area contributed by atoms with Crippen LogP contribution in [0, 0.1) is 0 Å². The molecule has 0 aliphatic carbocycles. The van der Waals surface area contributed by atoms with Crippen molar-refractivity contribution in [2.24, 2.45) is 0 Å². The van der Waals surface area contributed by atoms with Crippen LogP contribution >= 0.6 is 11.6 Å². The zero-order valence-corrected chi connectivity index (χ0v) is 12.8. The molecule has 2 aromatic rings. The first-order chi connectivity index (χ1) is 10.1. The summed E-state index contributed by atoms with van der Waals surface area (Å²) in [5, 5.41) is 6.70. The second-order valence-corrected chi connectivity index (χ2v) is 5.12. The molecule has 2 N–H and O–H groups in total. The molecule has 0 saturated carbocycles. The van der Waals surface area contributed by atoms with Gasteiger partial charge < -0.3 is 10.6 Å². The third kappa shape index (κ3) is 4.20. The van der Waals surface area contributed by atoms with Gasteiger partial charge in [0.25, 0.3) is 5.91 Å². The lowest BCUT2D eigenvalue weighted by molar-refractivity contribution is 0.0935. The van der Waals surface area contributed by atoms with Gasteiger partial charge in [-0.15, -0.1) is 0 Å². The number of benzene rings is 1. The summed E-state index contributed by atoms with van der Waals surface area (Å²) in [5.74, 6) is 0.501. The van der Waals surface area contributed by atoms with Crippen molar-refractivity contribution in [2.75, 3.05) is 11.9 Å². The summed E-state index contributed by atoms with van der Waals surface area (Å²) in [7, 11) is 0. The van der Waals surface area contributed by atoms with Gasteiger partial charge in [0.2, 0.25) is 0 Å². The molecule has 4 nitrogen and oxygen atoms in total. The van der Waals surface area contributed by atoms with Gasteiger partial charge in [-0.1, -0.05) is 29.8 Å². The largest absolute Gasteiger partial charge is 0.370 e. The van der Waals surface area contributed by atoms with E-state index in [-0.39, 0.29) is 11.9 Å². The molecule has 1 aromatic carbocycles. The second-order valence-electron chi connectivity index (χ2n) is 4.69. The summed E-state index contributed by atoms with van der Waals surface area (Å²) in [6, 6.07) is 12.7. The molecule has 1 amide bonds. The van der Waals surface area contributed by atoms with Gasteiger partial charge in [-0.3, -0.25) is 4.79 Å². The number of hydrogen-bond acceptors (Lipinski definition) is 3. The Morgan fingerprint density at radius 3 is 2.62 bits per heavy atom. The molecule has 2 rings (SSSR count). The lowest BCUT2D eigenvalue weighted by Crippen LogP contribution is -2.27. The molecule has 1 atom stereocenters. The molecule has 0 spiro atoms. The van der Waals surface area contributed by atoms with Crippen molar-refractivity contribution < 1.29 is 4.79 Å². The zero-order chi connectivity index (χ0) is 15.2. The molecule has 0 aliphatic rings. The monoisotopic (exact) mass is 303 g/mol. The number of halogens is 1. The van der Waals surface area contributed by atoms with Crippen molar-refractivity contribution in [1.29, 1.82) is 0 Å². The van der Waals surface area contributed by atoms with Gasteiger partial charge in [-0.25, -0.2) is 4.98 Å². The lowest BCUT2D eigenvalue weighted by atomic mass is 10.1. The number of anilines is 1. The molecule has 110 valence electrons. The fourth-order valence-corrected chi connectivity index (χ4v) is 2.07. The average Bonchev–Trinajstić information content (AvgIpc) is 2.48. The van der Waals surface area contributed by atoms with E-state index in [1.165, 1.54) is 0 Å². The quantitative estimate of drug-likeness (QED) is 0.886. The number of rotatable bonds is 5. The van der Waals surface area contributed by atoms with Gasteiger partial charge in [-0.2, -0.15) is 0 Å². The van der Waals surface area contributed by atoms with Crippen LogP contribution < -0.4 is 10.6 Å². The van der Waals surface area contributed by atoms with Gasteiger partial charge in [0.05, 0.1) is 6.04 Å². The van der Waals surface area contributed by atoms with Crippen molar-refractivity contribution in [3.63, 3.8) is 0 Å². The number of carbonyl (C=O) groups is 1. The Kier molecular flexibility index (Phi) is 5.17. The van der Waals surface area contributed by atoms with Crippen molar-refractivity contribution >= 4 is 23.3 Å². The third-order valence-corrected chi connectivity index (χ3v) is 3.31. The second kappa shape index (κ2) is 7.09. The number of carbonyl (C=O) groups excluding carboxylic acids is 1. The molecular formula is C16H18ClN3O. The summed E-state index contributed by atoms with van der Waals surface area (Å²) in [5.41, 5.74) is 1.39. The van der Waals surface area contributed by atoms with Crippen LogP contribution in [0.15, 0.2) is 42.5 Å². The van der Waals surface area contributed by atoms with Crippen LogP contribution in [0.2, 0.25) is 5.02 Å². The Bertz CT molecular complexity index is 613. The Labute approximate surface area is 129 Å². The maximum atomic E-state index is 12.2. The Morgan fingerprint density at radius 2 is 1.95 bits per heavy atom. The number of nitrogens with one attached hydrogen (secondary N) is 2. The Balaban J connectivity index is 2.06. The topological polar surface area (TPSA) is 54.0 Å². The van der Waals surface area contributed by atoms with Gasteiger partial charge >= 0.3 is 0 Å². The predicted molar refractivity (Wildman–Crippen MR) is 85.7 cm³/mol. The summed E-state index contributed by atoms with van der Waals surface area (Å²) in [6.45, 7) is 4.67. The van der Waals surface area contributed by atoms with Gasteiger partial charge in [0, 0.05) is 11.6 Å². The smallest absolute Gasteiger partial charge is 0.270 e. The van der Waals surface area contributed by atoms with E-state index in [0.717, 1.165) is 12.1 Å². The third-order valence-electron chi connectivity index (χ3n) is 3.06. The SMILES string of the molecule is CCNc1cccc(C(=O)NC(C)c2ccc(Cl)cc2)n1. The van der Waals surface area contributed by atoms with E-state index >= 15 is 0 Å². The van der Waals surface area contributed by atoms with Crippen LogP contribution in [0.3, 0.4) is 0 Å². The van der Waals surface area contributed by atoms with E-state index in [2.05, 4.69) is 15.6 Å². The molecular weight excluding hydrogens is 286 g/mol. The summed E-state index contributed by atoms with van der Waals surface area (Å²) in [4.78, 5) is 16.5. The van der Waals surface area contributed by atoms with Gasteiger partial charge in [-0.05, 0) is 43.7 Å². The summed E-state index contributed by atoms with van der Waals surface area (Å²) >= 11 is 5.86. The molecule has 1 unspecified atom stereocenters. The van der Waals surface area contributed by atoms with E-state index in [9.17, 15) is 4.79 Å². The number of nitrogens with zero attached hydrogens (tertiary/aromatic N) is 1. The molecule has 21 heavy (non-hydrogen) atoms. The predicted octanol–water partition coefficient (Wildman–Crippen LogP) is 3.66. The zero-order valence-electron chi connectivity index (χ0n) is 12.1. The maximum Gasteiger partial charge on any atom is 0.270 e. The normalized spacial score (nSPS) is 11.8. The fraction of sp³-hybridized carbons (Fsp3) is 0.250. The number of amides is 1. The number of pyridine rings is 1. The highest BCUT2D eigenvalue weighted by molar-refractivity contribution is 6.30. The van der Waals surface area contributed by atoms with Crippen LogP contribution in [-0.2, 0) is 0 Å². The molecule has 1 aromatic heterocycles. The standard InChI is InChI=1S/C16H18ClN3O/c1-3-18-15-6-4-5-14(20-15)16(21)19-11(2)12-7-9-13(17)10-8-12/h4-11H,3H2,1-2H3,(H,18,20)(H,19,21). The molecule has 5 heteroatoms. The maximum absolute atomic E-state index is 12.2. The van der Waals surface area contributed by atoms with E-state index in [1.54, 1.807) is 6.07 Å². The molecule has 0 aliphatic heterocycles. The van der Waals surface area contributed by atoms with Crippen LogP contribution in [0.1, 0.15) is 35.9 Å². The van der Waals surface area contributed by atoms with E-state index in [1.807, 2.05) is 50.2 Å². The lowest BCUT2D eigenvalue weighted by Gasteiger charge is -2.14. The van der Waals surface area contributed by atoms with E-state index < -0.39 is 0 Å². The minimum absolute atomic E-state index is 0.112. The first-order valence-electron chi connectivity index (χ1n) is 6.87. The van der Waals surface area contributed by atoms with Crippen molar-refractivity contribution in [3.8, 4) is 0 Å².